The zero-order valence-electron chi connectivity index (χ0n) is 14.5. The second-order valence-electron chi connectivity index (χ2n) is 6.23. The number of benzene rings is 1. The minimum atomic E-state index is 0.0559. The average Bonchev–Trinajstić information content (AvgIpc) is 2.61. The first-order valence-corrected chi connectivity index (χ1v) is 8.35. The molecule has 0 saturated carbocycles. The summed E-state index contributed by atoms with van der Waals surface area (Å²) in [5, 5.41) is 9.71. The first-order chi connectivity index (χ1) is 11.2. The van der Waals surface area contributed by atoms with Gasteiger partial charge in [-0.25, -0.2) is 0 Å². The molecule has 130 valence electrons. The lowest BCUT2D eigenvalue weighted by Crippen LogP contribution is -2.46. The van der Waals surface area contributed by atoms with Gasteiger partial charge in [0.05, 0.1) is 14.2 Å². The van der Waals surface area contributed by atoms with Crippen molar-refractivity contribution in [3.05, 3.63) is 18.2 Å². The molecule has 0 aromatic heterocycles. The van der Waals surface area contributed by atoms with Crippen molar-refractivity contribution in [3.63, 3.8) is 0 Å². The molecule has 0 radical (unpaired) electrons. The van der Waals surface area contributed by atoms with E-state index in [-0.39, 0.29) is 12.0 Å². The molecular formula is C18H29NO4. The molecule has 5 nitrogen and oxygen atoms in total. The zero-order chi connectivity index (χ0) is 16.7. The number of rotatable bonds is 8. The zero-order valence-corrected chi connectivity index (χ0v) is 14.5. The molecule has 0 aliphatic carbocycles. The van der Waals surface area contributed by atoms with Gasteiger partial charge in [0.1, 0.15) is 6.61 Å². The fourth-order valence-corrected chi connectivity index (χ4v) is 3.27. The van der Waals surface area contributed by atoms with Crippen LogP contribution in [0.4, 0.5) is 0 Å². The van der Waals surface area contributed by atoms with Gasteiger partial charge >= 0.3 is 0 Å². The fourth-order valence-electron chi connectivity index (χ4n) is 3.27. The Morgan fingerprint density at radius 3 is 2.48 bits per heavy atom. The number of likely N-dealkylation sites (tertiary alicyclic amines) is 1. The van der Waals surface area contributed by atoms with Gasteiger partial charge in [0, 0.05) is 25.1 Å². The number of piperidine rings is 1. The van der Waals surface area contributed by atoms with Crippen LogP contribution in [0.25, 0.3) is 0 Å². The highest BCUT2D eigenvalue weighted by atomic mass is 16.5. The Kier molecular flexibility index (Phi) is 6.54. The molecule has 1 fully saturated rings. The molecule has 0 bridgehead atoms. The van der Waals surface area contributed by atoms with E-state index in [0.29, 0.717) is 23.9 Å². The summed E-state index contributed by atoms with van der Waals surface area (Å²) in [5.74, 6) is 2.01. The largest absolute Gasteiger partial charge is 0.493 e. The maximum atomic E-state index is 9.71. The molecule has 1 unspecified atom stereocenters. The summed E-state index contributed by atoms with van der Waals surface area (Å²) in [4.78, 5) is 2.38. The van der Waals surface area contributed by atoms with Crippen LogP contribution in [0.2, 0.25) is 0 Å². The maximum Gasteiger partial charge on any atom is 0.203 e. The lowest BCUT2D eigenvalue weighted by molar-refractivity contribution is 0.0240. The van der Waals surface area contributed by atoms with Crippen molar-refractivity contribution in [1.82, 2.24) is 4.90 Å². The molecule has 2 rings (SSSR count). The van der Waals surface area contributed by atoms with E-state index < -0.39 is 0 Å². The molecule has 1 aromatic rings. The Labute approximate surface area is 139 Å². The van der Waals surface area contributed by atoms with Crippen molar-refractivity contribution in [2.24, 2.45) is 5.41 Å². The number of para-hydroxylation sites is 1. The third kappa shape index (κ3) is 4.30. The van der Waals surface area contributed by atoms with Gasteiger partial charge in [-0.3, -0.25) is 4.90 Å². The van der Waals surface area contributed by atoms with E-state index in [1.165, 1.54) is 0 Å². The Morgan fingerprint density at radius 1 is 1.22 bits per heavy atom. The molecular weight excluding hydrogens is 294 g/mol. The Bertz CT molecular complexity index is 466. The van der Waals surface area contributed by atoms with Gasteiger partial charge in [0.25, 0.3) is 0 Å². The van der Waals surface area contributed by atoms with Crippen LogP contribution in [-0.4, -0.2) is 57.1 Å². The van der Waals surface area contributed by atoms with E-state index in [9.17, 15) is 5.11 Å². The summed E-state index contributed by atoms with van der Waals surface area (Å²) in [6.07, 6.45) is 3.26. The number of ether oxygens (including phenoxy) is 3. The monoisotopic (exact) mass is 323 g/mol. The number of hydrogen-bond acceptors (Lipinski definition) is 5. The van der Waals surface area contributed by atoms with Crippen molar-refractivity contribution in [3.8, 4) is 17.2 Å². The molecule has 1 aliphatic heterocycles. The van der Waals surface area contributed by atoms with Gasteiger partial charge in [-0.2, -0.15) is 0 Å². The van der Waals surface area contributed by atoms with Gasteiger partial charge in [-0.1, -0.05) is 13.0 Å². The Balaban J connectivity index is 1.92. The van der Waals surface area contributed by atoms with E-state index in [2.05, 4.69) is 11.8 Å². The minimum absolute atomic E-state index is 0.0559. The molecule has 0 spiro atoms. The third-order valence-corrected chi connectivity index (χ3v) is 4.86. The van der Waals surface area contributed by atoms with Gasteiger partial charge in [0.15, 0.2) is 11.5 Å². The van der Waals surface area contributed by atoms with Crippen LogP contribution in [-0.2, 0) is 0 Å². The summed E-state index contributed by atoms with van der Waals surface area (Å²) in [7, 11) is 3.26. The van der Waals surface area contributed by atoms with Crippen molar-refractivity contribution in [1.29, 1.82) is 0 Å². The summed E-state index contributed by atoms with van der Waals surface area (Å²) < 4.78 is 16.6. The number of aliphatic hydroxyl groups excluding tert-OH is 1. The molecule has 23 heavy (non-hydrogen) atoms. The van der Waals surface area contributed by atoms with E-state index in [1.54, 1.807) is 14.2 Å². The van der Waals surface area contributed by atoms with Crippen molar-refractivity contribution < 1.29 is 19.3 Å². The molecule has 0 amide bonds. The summed E-state index contributed by atoms with van der Waals surface area (Å²) in [6, 6.07) is 5.62. The van der Waals surface area contributed by atoms with E-state index in [4.69, 9.17) is 14.2 Å². The van der Waals surface area contributed by atoms with Gasteiger partial charge in [-0.05, 0) is 37.9 Å². The standard InChI is InChI=1S/C18H29NO4/c1-4-18(14-20)9-6-10-19(13-18)11-12-23-17-15(21-2)7-5-8-16(17)22-3/h5,7-8,20H,4,6,9-14H2,1-3H3. The summed E-state index contributed by atoms with van der Waals surface area (Å²) in [5.41, 5.74) is 0.0559. The second kappa shape index (κ2) is 8.41. The number of methoxy groups -OCH3 is 2. The predicted molar refractivity (Wildman–Crippen MR) is 90.5 cm³/mol. The highest BCUT2D eigenvalue weighted by molar-refractivity contribution is 5.51. The average molecular weight is 323 g/mol. The van der Waals surface area contributed by atoms with Crippen LogP contribution in [0.15, 0.2) is 18.2 Å². The number of hydrogen-bond donors (Lipinski definition) is 1. The van der Waals surface area contributed by atoms with Crippen LogP contribution in [0.1, 0.15) is 26.2 Å². The summed E-state index contributed by atoms with van der Waals surface area (Å²) in [6.45, 7) is 5.84. The van der Waals surface area contributed by atoms with Crippen LogP contribution < -0.4 is 14.2 Å². The summed E-state index contributed by atoms with van der Waals surface area (Å²) >= 11 is 0. The first-order valence-electron chi connectivity index (χ1n) is 8.35. The van der Waals surface area contributed by atoms with Crippen molar-refractivity contribution >= 4 is 0 Å². The Hall–Kier alpha value is -1.46. The van der Waals surface area contributed by atoms with Crippen LogP contribution in [0.3, 0.4) is 0 Å². The molecule has 1 aliphatic rings. The van der Waals surface area contributed by atoms with Gasteiger partial charge in [0.2, 0.25) is 5.75 Å². The molecule has 1 atom stereocenters. The quantitative estimate of drug-likeness (QED) is 0.797. The smallest absolute Gasteiger partial charge is 0.203 e. The third-order valence-electron chi connectivity index (χ3n) is 4.86. The molecule has 1 N–H and O–H groups in total. The highest BCUT2D eigenvalue weighted by Gasteiger charge is 2.33. The molecule has 1 heterocycles. The maximum absolute atomic E-state index is 9.71. The van der Waals surface area contributed by atoms with E-state index in [0.717, 1.165) is 38.9 Å². The second-order valence-corrected chi connectivity index (χ2v) is 6.23. The van der Waals surface area contributed by atoms with Gasteiger partial charge in [-0.15, -0.1) is 0 Å². The lowest BCUT2D eigenvalue weighted by Gasteiger charge is -2.41. The Morgan fingerprint density at radius 2 is 1.91 bits per heavy atom. The van der Waals surface area contributed by atoms with Crippen molar-refractivity contribution in [2.45, 2.75) is 26.2 Å². The van der Waals surface area contributed by atoms with E-state index in [1.807, 2.05) is 18.2 Å². The molecule has 1 saturated heterocycles. The SMILES string of the molecule is CCC1(CO)CCCN(CCOc2c(OC)cccc2OC)C1. The van der Waals surface area contributed by atoms with Crippen LogP contribution >= 0.6 is 0 Å². The fraction of sp³-hybridized carbons (Fsp3) is 0.667. The normalized spacial score (nSPS) is 21.9. The van der Waals surface area contributed by atoms with Gasteiger partial charge < -0.3 is 19.3 Å². The number of aliphatic hydroxyl groups is 1. The minimum Gasteiger partial charge on any atom is -0.493 e. The van der Waals surface area contributed by atoms with Crippen molar-refractivity contribution in [2.75, 3.05) is 47.1 Å². The van der Waals surface area contributed by atoms with E-state index >= 15 is 0 Å². The molecule has 1 aromatic carbocycles. The molecule has 5 heteroatoms. The predicted octanol–water partition coefficient (Wildman–Crippen LogP) is 2.57. The lowest BCUT2D eigenvalue weighted by atomic mass is 9.78. The number of nitrogens with zero attached hydrogens (tertiary/aromatic N) is 1. The van der Waals surface area contributed by atoms with Crippen LogP contribution in [0, 0.1) is 5.41 Å². The highest BCUT2D eigenvalue weighted by Crippen LogP contribution is 2.37. The first kappa shape index (κ1) is 17.9. The topological polar surface area (TPSA) is 51.2 Å². The van der Waals surface area contributed by atoms with Crippen LogP contribution in [0.5, 0.6) is 17.2 Å².